The van der Waals surface area contributed by atoms with Gasteiger partial charge in [-0.15, -0.1) is 0 Å². The molecule has 11 heteroatoms. The summed E-state index contributed by atoms with van der Waals surface area (Å²) < 4.78 is 27.3. The molecular formula is C35H31ClFN3O6. The number of hydrogen-bond donors (Lipinski definition) is 4. The highest BCUT2D eigenvalue weighted by Gasteiger charge is 2.29. The normalized spacial score (nSPS) is 13.9. The van der Waals surface area contributed by atoms with E-state index in [1.807, 2.05) is 12.1 Å². The summed E-state index contributed by atoms with van der Waals surface area (Å²) in [6.07, 6.45) is 0.763. The number of nitriles is 1. The zero-order chi connectivity index (χ0) is 32.1. The minimum absolute atomic E-state index is 0. The number of rotatable bonds is 11. The molecule has 46 heavy (non-hydrogen) atoms. The van der Waals surface area contributed by atoms with E-state index in [0.717, 1.165) is 11.1 Å². The van der Waals surface area contributed by atoms with Gasteiger partial charge in [-0.1, -0.05) is 49.4 Å². The summed E-state index contributed by atoms with van der Waals surface area (Å²) in [6, 6.07) is 18.7. The molecule has 0 saturated heterocycles. The van der Waals surface area contributed by atoms with Crippen LogP contribution in [0.2, 0.25) is 5.02 Å². The largest absolute Gasteiger partial charge is 0.505 e. The summed E-state index contributed by atoms with van der Waals surface area (Å²) in [7, 11) is 0. The van der Waals surface area contributed by atoms with Crippen molar-refractivity contribution in [1.82, 2.24) is 5.32 Å². The van der Waals surface area contributed by atoms with E-state index in [2.05, 4.69) is 10.2 Å². The summed E-state index contributed by atoms with van der Waals surface area (Å²) in [5.74, 6) is -1.74. The standard InChI is InChI=1S/C34H27ClFN3O6.CH4/c1-38-22-11-19(15-37)10-20(12-22)18-44-31-14-32(27(35)13-21(31)16-39-28(17-40)34(42)43)45-30-9-8-24-23(4-2-5-25(24)30)26-6-3-7-29(41)33(26)36;/h2-7,10-14,28,30,39-41H,8-9,16-18H2,(H,42,43);1H4/t28-,30-;/m0./s1. The fraction of sp³-hybridized carbons (Fsp3) is 0.229. The number of hydrogen-bond acceptors (Lipinski definition) is 7. The van der Waals surface area contributed by atoms with Crippen LogP contribution in [-0.2, 0) is 24.4 Å². The molecule has 0 spiro atoms. The predicted molar refractivity (Wildman–Crippen MR) is 170 cm³/mol. The van der Waals surface area contributed by atoms with Gasteiger partial charge in [0, 0.05) is 29.3 Å². The third-order valence-corrected chi connectivity index (χ3v) is 7.81. The maximum atomic E-state index is 14.8. The number of carboxylic acids is 1. The Morgan fingerprint density at radius 3 is 2.63 bits per heavy atom. The number of carbonyl (C=O) groups is 1. The zero-order valence-corrected chi connectivity index (χ0v) is 24.5. The Labute approximate surface area is 270 Å². The smallest absolute Gasteiger partial charge is 0.323 e. The molecule has 0 fully saturated rings. The lowest BCUT2D eigenvalue weighted by atomic mass is 9.96. The highest BCUT2D eigenvalue weighted by molar-refractivity contribution is 6.32. The van der Waals surface area contributed by atoms with E-state index in [0.29, 0.717) is 52.2 Å². The van der Waals surface area contributed by atoms with Gasteiger partial charge >= 0.3 is 5.97 Å². The maximum Gasteiger partial charge on any atom is 0.323 e. The van der Waals surface area contributed by atoms with Crippen molar-refractivity contribution in [3.05, 3.63) is 117 Å². The van der Waals surface area contributed by atoms with Gasteiger partial charge in [0.15, 0.2) is 17.3 Å². The Kier molecular flexibility index (Phi) is 10.8. The number of nitrogens with one attached hydrogen (secondary N) is 1. The molecule has 0 amide bonds. The second-order valence-electron chi connectivity index (χ2n) is 10.4. The Hall–Kier alpha value is -5.13. The minimum atomic E-state index is -1.23. The molecule has 5 rings (SSSR count). The van der Waals surface area contributed by atoms with E-state index >= 15 is 0 Å². The topological polar surface area (TPSA) is 136 Å². The van der Waals surface area contributed by atoms with Crippen molar-refractivity contribution in [3.63, 3.8) is 0 Å². The fourth-order valence-electron chi connectivity index (χ4n) is 5.32. The van der Waals surface area contributed by atoms with Crippen LogP contribution in [0.1, 0.15) is 47.8 Å². The summed E-state index contributed by atoms with van der Waals surface area (Å²) in [6.45, 7) is 6.67. The Morgan fingerprint density at radius 2 is 1.91 bits per heavy atom. The lowest BCUT2D eigenvalue weighted by Crippen LogP contribution is -2.39. The van der Waals surface area contributed by atoms with Crippen molar-refractivity contribution in [3.8, 4) is 34.4 Å². The maximum absolute atomic E-state index is 14.8. The van der Waals surface area contributed by atoms with E-state index in [-0.39, 0.29) is 31.3 Å². The quantitative estimate of drug-likeness (QED) is 0.127. The van der Waals surface area contributed by atoms with E-state index < -0.39 is 36.3 Å². The van der Waals surface area contributed by atoms with Crippen LogP contribution in [0, 0.1) is 23.7 Å². The first-order valence-corrected chi connectivity index (χ1v) is 14.3. The first kappa shape index (κ1) is 33.8. The lowest BCUT2D eigenvalue weighted by molar-refractivity contribution is -0.140. The average Bonchev–Trinajstić information content (AvgIpc) is 3.45. The number of fused-ring (bicyclic) bond motifs is 1. The predicted octanol–water partition coefficient (Wildman–Crippen LogP) is 7.09. The van der Waals surface area contributed by atoms with Crippen LogP contribution in [0.5, 0.6) is 17.2 Å². The number of nitrogens with zero attached hydrogens (tertiary/aromatic N) is 2. The van der Waals surface area contributed by atoms with Crippen molar-refractivity contribution in [2.45, 2.75) is 45.6 Å². The number of aliphatic carboxylic acids is 1. The first-order valence-electron chi connectivity index (χ1n) is 13.9. The second kappa shape index (κ2) is 14.8. The number of aromatic hydroxyl groups is 1. The van der Waals surface area contributed by atoms with Gasteiger partial charge in [-0.25, -0.2) is 9.24 Å². The van der Waals surface area contributed by atoms with Gasteiger partial charge in [-0.2, -0.15) is 5.26 Å². The number of phenols is 1. The molecule has 1 aliphatic rings. The molecular weight excluding hydrogens is 613 g/mol. The van der Waals surface area contributed by atoms with Crippen molar-refractivity contribution >= 4 is 23.3 Å². The van der Waals surface area contributed by atoms with Crippen LogP contribution < -0.4 is 14.8 Å². The molecule has 4 aromatic rings. The summed E-state index contributed by atoms with van der Waals surface area (Å²) >= 11 is 6.66. The summed E-state index contributed by atoms with van der Waals surface area (Å²) in [5, 5.41) is 41.1. The number of halogens is 2. The Morgan fingerprint density at radius 1 is 1.15 bits per heavy atom. The number of carboxylic acid groups (broad SMARTS) is 1. The van der Waals surface area contributed by atoms with Crippen LogP contribution >= 0.6 is 11.6 Å². The van der Waals surface area contributed by atoms with Gasteiger partial charge < -0.3 is 24.8 Å². The molecule has 0 aromatic heterocycles. The number of ether oxygens (including phenoxy) is 2. The van der Waals surface area contributed by atoms with E-state index in [9.17, 15) is 29.8 Å². The number of aliphatic hydroxyl groups is 1. The van der Waals surface area contributed by atoms with Crippen molar-refractivity contribution in [2.24, 2.45) is 0 Å². The van der Waals surface area contributed by atoms with Crippen LogP contribution in [0.25, 0.3) is 16.0 Å². The van der Waals surface area contributed by atoms with Gasteiger partial charge in [-0.3, -0.25) is 10.1 Å². The SMILES string of the molecule is C.[C-]#[N+]c1cc(C#N)cc(COc2cc(O[C@H]3CCc4c(-c5cccc(O)c5F)cccc43)c(Cl)cc2CN[C@@H](CO)C(=O)O)c1. The Bertz CT molecular complexity index is 1820. The van der Waals surface area contributed by atoms with Crippen LogP contribution in [0.15, 0.2) is 66.7 Å². The number of aliphatic hydroxyl groups excluding tert-OH is 1. The molecule has 0 bridgehead atoms. The molecule has 0 radical (unpaired) electrons. The summed E-state index contributed by atoms with van der Waals surface area (Å²) in [4.78, 5) is 14.9. The third-order valence-electron chi connectivity index (χ3n) is 7.52. The third kappa shape index (κ3) is 7.22. The van der Waals surface area contributed by atoms with Crippen molar-refractivity contribution < 1.29 is 34.0 Å². The molecule has 0 heterocycles. The molecule has 4 N–H and O–H groups in total. The monoisotopic (exact) mass is 643 g/mol. The molecule has 0 saturated carbocycles. The van der Waals surface area contributed by atoms with Gasteiger partial charge in [-0.05, 0) is 65.4 Å². The molecule has 1 aliphatic carbocycles. The van der Waals surface area contributed by atoms with E-state index in [1.165, 1.54) is 12.1 Å². The van der Waals surface area contributed by atoms with E-state index in [4.69, 9.17) is 27.6 Å². The van der Waals surface area contributed by atoms with E-state index in [1.54, 1.807) is 48.5 Å². The minimum Gasteiger partial charge on any atom is -0.505 e. The first-order chi connectivity index (χ1) is 21.7. The van der Waals surface area contributed by atoms with Crippen LogP contribution in [0.4, 0.5) is 10.1 Å². The van der Waals surface area contributed by atoms with Crippen molar-refractivity contribution in [2.75, 3.05) is 6.61 Å². The van der Waals surface area contributed by atoms with Crippen LogP contribution in [0.3, 0.4) is 0 Å². The highest BCUT2D eigenvalue weighted by Crippen LogP contribution is 2.43. The molecule has 236 valence electrons. The highest BCUT2D eigenvalue weighted by atomic mass is 35.5. The lowest BCUT2D eigenvalue weighted by Gasteiger charge is -2.20. The molecule has 4 aromatic carbocycles. The summed E-state index contributed by atoms with van der Waals surface area (Å²) in [5.41, 5.74) is 4.37. The number of benzene rings is 4. The van der Waals surface area contributed by atoms with Crippen LogP contribution in [-0.4, -0.2) is 33.9 Å². The number of phenolic OH excluding ortho intramolecular Hbond substituents is 1. The Balaban J connectivity index is 0.00000480. The molecule has 0 aliphatic heterocycles. The molecule has 0 unspecified atom stereocenters. The van der Waals surface area contributed by atoms with Gasteiger partial charge in [0.2, 0.25) is 0 Å². The second-order valence-corrected chi connectivity index (χ2v) is 10.8. The van der Waals surface area contributed by atoms with Crippen molar-refractivity contribution in [1.29, 1.82) is 5.26 Å². The van der Waals surface area contributed by atoms with Gasteiger partial charge in [0.25, 0.3) is 0 Å². The van der Waals surface area contributed by atoms with Gasteiger partial charge in [0.1, 0.15) is 30.3 Å². The molecule has 9 nitrogen and oxygen atoms in total. The van der Waals surface area contributed by atoms with Gasteiger partial charge in [0.05, 0.1) is 24.3 Å². The fourth-order valence-corrected chi connectivity index (χ4v) is 5.55. The average molecular weight is 644 g/mol. The zero-order valence-electron chi connectivity index (χ0n) is 23.8. The molecule has 2 atom stereocenters.